The molecule has 1 aliphatic rings. The zero-order valence-electron chi connectivity index (χ0n) is 9.51. The second-order valence-electron chi connectivity index (χ2n) is 3.55. The molecule has 0 saturated carbocycles. The van der Waals surface area contributed by atoms with Gasteiger partial charge >= 0.3 is 0 Å². The van der Waals surface area contributed by atoms with Gasteiger partial charge < -0.3 is 0 Å². The normalized spacial score (nSPS) is 15.8. The summed E-state index contributed by atoms with van der Waals surface area (Å²) in [6.45, 7) is 1.96. The van der Waals surface area contributed by atoms with E-state index in [1.54, 1.807) is 0 Å². The van der Waals surface area contributed by atoms with Crippen molar-refractivity contribution >= 4 is 30.1 Å². The van der Waals surface area contributed by atoms with E-state index in [1.807, 2.05) is 12.3 Å². The lowest BCUT2D eigenvalue weighted by Crippen LogP contribution is -2.51. The summed E-state index contributed by atoms with van der Waals surface area (Å²) in [5.41, 5.74) is 1.98. The number of nitrogens with two attached hydrogens (primary N) is 1. The maximum absolute atomic E-state index is 11.5. The molecule has 1 atom stereocenters. The number of imide groups is 1. The van der Waals surface area contributed by atoms with E-state index < -0.39 is 23.8 Å². The van der Waals surface area contributed by atoms with Gasteiger partial charge in [-0.15, -0.1) is 12.4 Å². The van der Waals surface area contributed by atoms with E-state index in [4.69, 9.17) is 5.84 Å². The Morgan fingerprint density at radius 3 is 2.35 bits per heavy atom. The fourth-order valence-corrected chi connectivity index (χ4v) is 1.59. The first-order valence-electron chi connectivity index (χ1n) is 5.17. The van der Waals surface area contributed by atoms with Crippen molar-refractivity contribution in [1.29, 1.82) is 0 Å². The highest BCUT2D eigenvalue weighted by Gasteiger charge is 2.34. The van der Waals surface area contributed by atoms with Crippen molar-refractivity contribution in [2.75, 3.05) is 0 Å². The Morgan fingerprint density at radius 1 is 1.41 bits per heavy atom. The Labute approximate surface area is 106 Å². The van der Waals surface area contributed by atoms with Gasteiger partial charge in [0.15, 0.2) is 0 Å². The summed E-state index contributed by atoms with van der Waals surface area (Å²) in [5.74, 6) is 3.59. The van der Waals surface area contributed by atoms with E-state index in [-0.39, 0.29) is 12.4 Å². The quantitative estimate of drug-likeness (QED) is 0.312. The number of carbonyl (C=O) groups excluding carboxylic acids is 3. The lowest BCUT2D eigenvalue weighted by Gasteiger charge is -2.24. The lowest BCUT2D eigenvalue weighted by molar-refractivity contribution is -0.145. The highest BCUT2D eigenvalue weighted by Crippen LogP contribution is 2.14. The smallest absolute Gasteiger partial charge is 0.257 e. The molecule has 7 heteroatoms. The van der Waals surface area contributed by atoms with Crippen molar-refractivity contribution in [2.24, 2.45) is 5.84 Å². The molecule has 0 aromatic heterocycles. The van der Waals surface area contributed by atoms with Crippen LogP contribution < -0.4 is 11.3 Å². The molecule has 0 radical (unpaired) electrons. The third-order valence-electron chi connectivity index (χ3n) is 2.43. The molecule has 96 valence electrons. The van der Waals surface area contributed by atoms with E-state index in [1.165, 1.54) is 0 Å². The van der Waals surface area contributed by atoms with E-state index in [9.17, 15) is 14.4 Å². The van der Waals surface area contributed by atoms with Crippen LogP contribution in [-0.2, 0) is 14.4 Å². The van der Waals surface area contributed by atoms with E-state index in [0.29, 0.717) is 6.42 Å². The van der Waals surface area contributed by atoms with Gasteiger partial charge in [-0.1, -0.05) is 19.8 Å². The van der Waals surface area contributed by atoms with Crippen LogP contribution in [0.15, 0.2) is 12.2 Å². The molecule has 3 N–H and O–H groups in total. The largest absolute Gasteiger partial charge is 0.292 e. The van der Waals surface area contributed by atoms with Crippen molar-refractivity contribution in [3.63, 3.8) is 0 Å². The third-order valence-corrected chi connectivity index (χ3v) is 2.43. The van der Waals surface area contributed by atoms with Gasteiger partial charge in [-0.05, 0) is 6.42 Å². The van der Waals surface area contributed by atoms with Gasteiger partial charge in [0, 0.05) is 12.2 Å². The number of nitrogens with one attached hydrogen (secondary N) is 1. The molecule has 0 aromatic carbocycles. The second kappa shape index (κ2) is 7.03. The van der Waals surface area contributed by atoms with Crippen LogP contribution in [0.25, 0.3) is 0 Å². The lowest BCUT2D eigenvalue weighted by atomic mass is 10.1. The van der Waals surface area contributed by atoms with Crippen molar-refractivity contribution in [3.05, 3.63) is 12.2 Å². The minimum absolute atomic E-state index is 0. The first-order valence-corrected chi connectivity index (χ1v) is 5.17. The van der Waals surface area contributed by atoms with Crippen LogP contribution in [0, 0.1) is 0 Å². The number of carbonyl (C=O) groups is 3. The molecule has 0 saturated heterocycles. The number of amides is 3. The van der Waals surface area contributed by atoms with E-state index in [2.05, 4.69) is 0 Å². The standard InChI is InChI=1S/C10H15N3O3.ClH/c1-2-3-4-7(10(16)12-11)13-8(14)5-6-9(13)15;/h5-7H,2-4,11H2,1H3,(H,12,16);1H. The third kappa shape index (κ3) is 3.54. The molecule has 1 rings (SSSR count). The Morgan fingerprint density at radius 2 is 1.94 bits per heavy atom. The molecule has 17 heavy (non-hydrogen) atoms. The van der Waals surface area contributed by atoms with Gasteiger partial charge in [0.1, 0.15) is 6.04 Å². The van der Waals surface area contributed by atoms with Crippen LogP contribution in [0.5, 0.6) is 0 Å². The number of halogens is 1. The Balaban J connectivity index is 0.00000256. The zero-order chi connectivity index (χ0) is 12.1. The summed E-state index contributed by atoms with van der Waals surface area (Å²) >= 11 is 0. The number of hydrogen-bond acceptors (Lipinski definition) is 4. The van der Waals surface area contributed by atoms with Crippen molar-refractivity contribution in [1.82, 2.24) is 10.3 Å². The van der Waals surface area contributed by atoms with Crippen LogP contribution >= 0.6 is 12.4 Å². The molecular formula is C10H16ClN3O3. The van der Waals surface area contributed by atoms with Crippen LogP contribution in [0.4, 0.5) is 0 Å². The number of rotatable bonds is 5. The molecule has 1 unspecified atom stereocenters. The number of hydrogen-bond donors (Lipinski definition) is 2. The van der Waals surface area contributed by atoms with Crippen LogP contribution in [0.2, 0.25) is 0 Å². The summed E-state index contributed by atoms with van der Waals surface area (Å²) in [6.07, 6.45) is 4.36. The molecule has 3 amide bonds. The highest BCUT2D eigenvalue weighted by molar-refractivity contribution is 6.15. The molecule has 0 aliphatic carbocycles. The number of hydrazine groups is 1. The highest BCUT2D eigenvalue weighted by atomic mass is 35.5. The minimum Gasteiger partial charge on any atom is -0.292 e. The molecule has 1 heterocycles. The van der Waals surface area contributed by atoms with Crippen molar-refractivity contribution in [3.8, 4) is 0 Å². The maximum Gasteiger partial charge on any atom is 0.257 e. The Hall–Kier alpha value is -1.40. The number of unbranched alkanes of at least 4 members (excludes halogenated alkanes) is 1. The maximum atomic E-state index is 11.5. The van der Waals surface area contributed by atoms with Gasteiger partial charge in [-0.2, -0.15) is 0 Å². The van der Waals surface area contributed by atoms with E-state index in [0.717, 1.165) is 29.9 Å². The van der Waals surface area contributed by atoms with Crippen LogP contribution in [-0.4, -0.2) is 28.7 Å². The summed E-state index contributed by atoms with van der Waals surface area (Å²) < 4.78 is 0. The second-order valence-corrected chi connectivity index (χ2v) is 3.55. The van der Waals surface area contributed by atoms with Crippen LogP contribution in [0.1, 0.15) is 26.2 Å². The van der Waals surface area contributed by atoms with Gasteiger partial charge in [-0.3, -0.25) is 24.7 Å². The topological polar surface area (TPSA) is 92.5 Å². The first-order chi connectivity index (χ1) is 7.61. The van der Waals surface area contributed by atoms with Crippen LogP contribution in [0.3, 0.4) is 0 Å². The summed E-state index contributed by atoms with van der Waals surface area (Å²) in [5, 5.41) is 0. The summed E-state index contributed by atoms with van der Waals surface area (Å²) in [7, 11) is 0. The SMILES string of the molecule is CCCCC(C(=O)NN)N1C(=O)C=CC1=O.Cl. The molecule has 0 bridgehead atoms. The van der Waals surface area contributed by atoms with E-state index >= 15 is 0 Å². The first kappa shape index (κ1) is 15.6. The molecule has 6 nitrogen and oxygen atoms in total. The van der Waals surface area contributed by atoms with Gasteiger partial charge in [0.05, 0.1) is 0 Å². The molecule has 0 aromatic rings. The minimum atomic E-state index is -0.806. The molecular weight excluding hydrogens is 246 g/mol. The summed E-state index contributed by atoms with van der Waals surface area (Å²) in [4.78, 5) is 35.2. The average molecular weight is 262 g/mol. The fourth-order valence-electron chi connectivity index (χ4n) is 1.59. The van der Waals surface area contributed by atoms with Crippen molar-refractivity contribution < 1.29 is 14.4 Å². The predicted molar refractivity (Wildman–Crippen MR) is 63.9 cm³/mol. The average Bonchev–Trinajstić information content (AvgIpc) is 2.60. The molecule has 0 fully saturated rings. The number of nitrogens with zero attached hydrogens (tertiary/aromatic N) is 1. The summed E-state index contributed by atoms with van der Waals surface area (Å²) in [6, 6.07) is -0.806. The predicted octanol–water partition coefficient (Wildman–Crippen LogP) is -0.118. The van der Waals surface area contributed by atoms with Crippen molar-refractivity contribution in [2.45, 2.75) is 32.2 Å². The molecule has 0 spiro atoms. The molecule has 1 aliphatic heterocycles. The van der Waals surface area contributed by atoms with Gasteiger partial charge in [-0.25, -0.2) is 5.84 Å². The fraction of sp³-hybridized carbons (Fsp3) is 0.500. The Kier molecular flexibility index (Phi) is 6.45. The monoisotopic (exact) mass is 261 g/mol. The van der Waals surface area contributed by atoms with Gasteiger partial charge in [0.25, 0.3) is 17.7 Å². The zero-order valence-corrected chi connectivity index (χ0v) is 10.3. The Bertz CT molecular complexity index is 326. The van der Waals surface area contributed by atoms with Gasteiger partial charge in [0.2, 0.25) is 0 Å².